The predicted molar refractivity (Wildman–Crippen MR) is 197 cm³/mol. The Kier molecular flexibility index (Phi) is 5.87. The lowest BCUT2D eigenvalue weighted by Crippen LogP contribution is -2.13. The van der Waals surface area contributed by atoms with Crippen molar-refractivity contribution < 1.29 is 0 Å². The summed E-state index contributed by atoms with van der Waals surface area (Å²) in [6, 6.07) is 42.7. The van der Waals surface area contributed by atoms with Gasteiger partial charge in [-0.05, 0) is 69.8 Å². The van der Waals surface area contributed by atoms with Crippen LogP contribution in [0.4, 0.5) is 17.2 Å². The molecule has 0 N–H and O–H groups in total. The van der Waals surface area contributed by atoms with Crippen molar-refractivity contribution in [2.75, 3.05) is 4.90 Å². The van der Waals surface area contributed by atoms with Crippen molar-refractivity contribution in [3.63, 3.8) is 0 Å². The summed E-state index contributed by atoms with van der Waals surface area (Å²) in [6.45, 7) is 0. The molecule has 0 bridgehead atoms. The van der Waals surface area contributed by atoms with Gasteiger partial charge < -0.3 is 0 Å². The van der Waals surface area contributed by atoms with Crippen LogP contribution in [-0.4, -0.2) is 19.9 Å². The van der Waals surface area contributed by atoms with Crippen molar-refractivity contribution in [2.24, 2.45) is 0 Å². The van der Waals surface area contributed by atoms with Crippen molar-refractivity contribution >= 4 is 74.3 Å². The molecule has 5 heteroatoms. The lowest BCUT2D eigenvalue weighted by Gasteiger charge is -2.26. The first-order valence-corrected chi connectivity index (χ1v) is 16.2. The van der Waals surface area contributed by atoms with Crippen LogP contribution >= 0.6 is 0 Å². The Bertz CT molecular complexity index is 2370. The molecule has 0 fully saturated rings. The summed E-state index contributed by atoms with van der Waals surface area (Å²) >= 11 is 0. The molecule has 5 aromatic carbocycles. The van der Waals surface area contributed by atoms with Crippen LogP contribution in [-0.2, 0) is 0 Å². The summed E-state index contributed by atoms with van der Waals surface area (Å²) in [7, 11) is 0. The van der Waals surface area contributed by atoms with E-state index in [1.54, 1.807) is 12.4 Å². The van der Waals surface area contributed by atoms with Crippen molar-refractivity contribution in [1.29, 1.82) is 0 Å². The first-order valence-electron chi connectivity index (χ1n) is 16.2. The van der Waals surface area contributed by atoms with Gasteiger partial charge in [0.2, 0.25) is 0 Å². The highest BCUT2D eigenvalue weighted by Crippen LogP contribution is 2.44. The quantitative estimate of drug-likeness (QED) is 0.182. The third kappa shape index (κ3) is 4.04. The highest BCUT2D eigenvalue weighted by molar-refractivity contribution is 6.20. The van der Waals surface area contributed by atoms with E-state index in [2.05, 4.69) is 151 Å². The van der Waals surface area contributed by atoms with Crippen molar-refractivity contribution in [3.05, 3.63) is 173 Å². The Morgan fingerprint density at radius 3 is 1.50 bits per heavy atom. The van der Waals surface area contributed by atoms with Crippen molar-refractivity contribution in [3.8, 4) is 0 Å². The molecule has 1 aliphatic heterocycles. The van der Waals surface area contributed by atoms with Gasteiger partial charge in [0, 0.05) is 23.2 Å². The Hall–Kier alpha value is -6.46. The first-order chi connectivity index (χ1) is 23.8. The number of para-hydroxylation sites is 2. The van der Waals surface area contributed by atoms with Crippen LogP contribution in [0.1, 0.15) is 45.0 Å². The van der Waals surface area contributed by atoms with E-state index in [1.165, 1.54) is 22.3 Å². The van der Waals surface area contributed by atoms with E-state index in [-0.39, 0.29) is 5.92 Å². The Morgan fingerprint density at radius 1 is 0.417 bits per heavy atom. The molecule has 3 aromatic heterocycles. The molecule has 0 saturated carbocycles. The van der Waals surface area contributed by atoms with E-state index >= 15 is 0 Å². The number of pyridine rings is 2. The third-order valence-electron chi connectivity index (χ3n) is 9.61. The second kappa shape index (κ2) is 10.5. The van der Waals surface area contributed by atoms with E-state index < -0.39 is 0 Å². The average molecular weight is 614 g/mol. The zero-order chi connectivity index (χ0) is 31.6. The zero-order valence-corrected chi connectivity index (χ0v) is 25.8. The van der Waals surface area contributed by atoms with Gasteiger partial charge >= 0.3 is 0 Å². The second-order valence-electron chi connectivity index (χ2n) is 12.3. The molecule has 0 spiro atoms. The van der Waals surface area contributed by atoms with Gasteiger partial charge in [-0.3, -0.25) is 14.9 Å². The molecule has 0 atom stereocenters. The number of fused-ring (bicyclic) bond motifs is 10. The average Bonchev–Trinajstić information content (AvgIpc) is 3.43. The topological polar surface area (TPSA) is 54.8 Å². The fraction of sp³-hybridized carbons (Fsp3) is 0.0233. The van der Waals surface area contributed by atoms with Crippen LogP contribution in [0.2, 0.25) is 0 Å². The largest absolute Gasteiger partial charge is 0.294 e. The Balaban J connectivity index is 1.27. The summed E-state index contributed by atoms with van der Waals surface area (Å²) < 4.78 is 0. The molecule has 48 heavy (non-hydrogen) atoms. The molecule has 0 radical (unpaired) electrons. The highest BCUT2D eigenvalue weighted by atomic mass is 15.2. The van der Waals surface area contributed by atoms with Gasteiger partial charge in [-0.15, -0.1) is 0 Å². The third-order valence-corrected chi connectivity index (χ3v) is 9.61. The number of nitrogens with zero attached hydrogens (tertiary/aromatic N) is 5. The van der Waals surface area contributed by atoms with E-state index in [1.807, 2.05) is 0 Å². The van der Waals surface area contributed by atoms with Gasteiger partial charge in [-0.1, -0.05) is 109 Å². The molecule has 0 saturated heterocycles. The molecule has 10 rings (SSSR count). The summed E-state index contributed by atoms with van der Waals surface area (Å²) in [5.74, 6) is 0.764. The standard InChI is InChI=1S/C43H27N5/c1-5-13-31-27(9-1)17-18-28-10-2-6-14-32(28)39(31)35-23-21-33-40-41(45-26-25-44-40)34-22-24-38(47-43(34)42(33)46-35)48-36-15-7-3-11-29(36)19-20-30-12-4-8-16-37(30)48/h1-26,39H. The fourth-order valence-electron chi connectivity index (χ4n) is 7.42. The minimum absolute atomic E-state index is 0.0528. The van der Waals surface area contributed by atoms with Gasteiger partial charge in [-0.2, -0.15) is 0 Å². The molecule has 8 aromatic rings. The predicted octanol–water partition coefficient (Wildman–Crippen LogP) is 10.3. The summed E-state index contributed by atoms with van der Waals surface area (Å²) in [5, 5.41) is 1.86. The SMILES string of the molecule is C1=Cc2ccccc2C(c2ccc3c4nccnc4c4ccc(N5c6ccccc6C=Cc6ccccc65)nc4c3n2)c2ccccc21. The fourth-order valence-corrected chi connectivity index (χ4v) is 7.42. The molecule has 224 valence electrons. The molecule has 1 aliphatic carbocycles. The van der Waals surface area contributed by atoms with E-state index in [0.29, 0.717) is 0 Å². The van der Waals surface area contributed by atoms with Crippen LogP contribution in [0, 0.1) is 0 Å². The molecule has 5 nitrogen and oxygen atoms in total. The monoisotopic (exact) mass is 613 g/mol. The maximum Gasteiger partial charge on any atom is 0.138 e. The van der Waals surface area contributed by atoms with E-state index in [0.717, 1.165) is 66.9 Å². The van der Waals surface area contributed by atoms with Crippen molar-refractivity contribution in [2.45, 2.75) is 5.92 Å². The summed E-state index contributed by atoms with van der Waals surface area (Å²) in [6.07, 6.45) is 12.3. The number of anilines is 3. The number of aromatic nitrogens is 4. The minimum atomic E-state index is -0.0528. The normalized spacial score (nSPS) is 13.5. The first kappa shape index (κ1) is 26.7. The van der Waals surface area contributed by atoms with Crippen LogP contribution < -0.4 is 4.90 Å². The lowest BCUT2D eigenvalue weighted by atomic mass is 9.85. The second-order valence-corrected chi connectivity index (χ2v) is 12.3. The Labute approximate surface area is 277 Å². The number of hydrogen-bond donors (Lipinski definition) is 0. The van der Waals surface area contributed by atoms with Crippen molar-refractivity contribution in [1.82, 2.24) is 19.9 Å². The lowest BCUT2D eigenvalue weighted by molar-refractivity contribution is 0.927. The van der Waals surface area contributed by atoms with Crippen LogP contribution in [0.25, 0.3) is 57.1 Å². The van der Waals surface area contributed by atoms with Crippen LogP contribution in [0.5, 0.6) is 0 Å². The Morgan fingerprint density at radius 2 is 0.896 bits per heavy atom. The van der Waals surface area contributed by atoms with Gasteiger partial charge in [0.1, 0.15) is 11.3 Å². The number of hydrogen-bond acceptors (Lipinski definition) is 5. The molecular formula is C43H27N5. The smallest absolute Gasteiger partial charge is 0.138 e. The highest BCUT2D eigenvalue weighted by Gasteiger charge is 2.26. The van der Waals surface area contributed by atoms with E-state index in [4.69, 9.17) is 19.9 Å². The van der Waals surface area contributed by atoms with Crippen LogP contribution in [0.3, 0.4) is 0 Å². The minimum Gasteiger partial charge on any atom is -0.294 e. The molecule has 0 amide bonds. The van der Waals surface area contributed by atoms with Gasteiger partial charge in [-0.25, -0.2) is 9.97 Å². The van der Waals surface area contributed by atoms with Gasteiger partial charge in [0.15, 0.2) is 0 Å². The molecule has 4 heterocycles. The van der Waals surface area contributed by atoms with Gasteiger partial charge in [0.05, 0.1) is 39.5 Å². The molecule has 2 aliphatic rings. The summed E-state index contributed by atoms with van der Waals surface area (Å²) in [4.78, 5) is 22.9. The molecule has 0 unspecified atom stereocenters. The summed E-state index contributed by atoms with van der Waals surface area (Å²) in [5.41, 5.74) is 13.5. The van der Waals surface area contributed by atoms with E-state index in [9.17, 15) is 0 Å². The number of benzene rings is 5. The maximum atomic E-state index is 5.52. The number of rotatable bonds is 2. The zero-order valence-electron chi connectivity index (χ0n) is 25.8. The van der Waals surface area contributed by atoms with Gasteiger partial charge in [0.25, 0.3) is 0 Å². The molecular weight excluding hydrogens is 587 g/mol. The maximum absolute atomic E-state index is 5.52. The van der Waals surface area contributed by atoms with Crippen LogP contribution in [0.15, 0.2) is 134 Å².